The van der Waals surface area contributed by atoms with Crippen molar-refractivity contribution >= 4 is 5.84 Å². The summed E-state index contributed by atoms with van der Waals surface area (Å²) in [4.78, 5) is 6.72. The largest absolute Gasteiger partial charge is 0.409 e. The van der Waals surface area contributed by atoms with Gasteiger partial charge in [0, 0.05) is 31.9 Å². The van der Waals surface area contributed by atoms with Crippen molar-refractivity contribution in [2.75, 3.05) is 13.1 Å². The molecule has 0 saturated heterocycles. The minimum atomic E-state index is 0.319. The van der Waals surface area contributed by atoms with Crippen LogP contribution in [-0.2, 0) is 13.1 Å². The number of nitrogens with zero attached hydrogens (tertiary/aromatic N) is 4. The van der Waals surface area contributed by atoms with E-state index in [1.54, 1.807) is 0 Å². The first-order valence-electron chi connectivity index (χ1n) is 5.98. The Kier molecular flexibility index (Phi) is 3.98. The fraction of sp³-hybridized carbons (Fsp3) is 0.636. The number of oxime groups is 1. The monoisotopic (exact) mass is 237 g/mol. The van der Waals surface area contributed by atoms with Gasteiger partial charge in [-0.2, -0.15) is 0 Å². The highest BCUT2D eigenvalue weighted by Gasteiger charge is 2.15. The number of unbranched alkanes of at least 4 members (excludes halogenated alkanes) is 1. The Morgan fingerprint density at radius 1 is 1.47 bits per heavy atom. The average molecular weight is 237 g/mol. The van der Waals surface area contributed by atoms with Crippen LogP contribution in [0.5, 0.6) is 0 Å². The summed E-state index contributed by atoms with van der Waals surface area (Å²) in [7, 11) is 0. The molecule has 6 heteroatoms. The highest BCUT2D eigenvalue weighted by molar-refractivity contribution is 5.79. The lowest BCUT2D eigenvalue weighted by Crippen LogP contribution is -2.34. The van der Waals surface area contributed by atoms with Crippen LogP contribution in [0.4, 0.5) is 0 Å². The van der Waals surface area contributed by atoms with Crippen LogP contribution < -0.4 is 5.73 Å². The number of hydrogen-bond donors (Lipinski definition) is 2. The van der Waals surface area contributed by atoms with E-state index in [4.69, 9.17) is 10.9 Å². The molecule has 1 aliphatic rings. The second-order valence-electron chi connectivity index (χ2n) is 4.36. The van der Waals surface area contributed by atoms with E-state index in [2.05, 4.69) is 19.6 Å². The molecule has 0 bridgehead atoms. The van der Waals surface area contributed by atoms with Crippen molar-refractivity contribution in [2.24, 2.45) is 10.9 Å². The second kappa shape index (κ2) is 5.67. The Morgan fingerprint density at radius 2 is 2.35 bits per heavy atom. The van der Waals surface area contributed by atoms with E-state index < -0.39 is 0 Å². The maximum absolute atomic E-state index is 8.41. The van der Waals surface area contributed by atoms with E-state index in [0.29, 0.717) is 12.3 Å². The van der Waals surface area contributed by atoms with E-state index in [1.165, 1.54) is 0 Å². The van der Waals surface area contributed by atoms with Gasteiger partial charge in [-0.1, -0.05) is 5.16 Å². The summed E-state index contributed by atoms with van der Waals surface area (Å²) in [5.74, 6) is 1.46. The van der Waals surface area contributed by atoms with Gasteiger partial charge in [0.2, 0.25) is 0 Å². The number of amidine groups is 1. The molecule has 0 unspecified atom stereocenters. The van der Waals surface area contributed by atoms with Gasteiger partial charge in [-0.3, -0.25) is 4.90 Å². The van der Waals surface area contributed by atoms with Crippen molar-refractivity contribution in [1.29, 1.82) is 0 Å². The Bertz CT molecular complexity index is 387. The third-order valence-corrected chi connectivity index (χ3v) is 3.11. The third kappa shape index (κ3) is 3.20. The lowest BCUT2D eigenvalue weighted by Gasteiger charge is -2.27. The van der Waals surface area contributed by atoms with Gasteiger partial charge in [-0.05, 0) is 19.4 Å². The first-order valence-corrected chi connectivity index (χ1v) is 5.98. The van der Waals surface area contributed by atoms with Gasteiger partial charge < -0.3 is 15.5 Å². The molecule has 1 aliphatic heterocycles. The van der Waals surface area contributed by atoms with Crippen LogP contribution in [0.25, 0.3) is 0 Å². The maximum Gasteiger partial charge on any atom is 0.139 e. The minimum absolute atomic E-state index is 0.319. The van der Waals surface area contributed by atoms with Crippen molar-refractivity contribution in [3.8, 4) is 0 Å². The van der Waals surface area contributed by atoms with Gasteiger partial charge >= 0.3 is 0 Å². The molecule has 3 N–H and O–H groups in total. The van der Waals surface area contributed by atoms with Crippen LogP contribution >= 0.6 is 0 Å². The molecule has 0 radical (unpaired) electrons. The predicted molar refractivity (Wildman–Crippen MR) is 64.8 cm³/mol. The highest BCUT2D eigenvalue weighted by Crippen LogP contribution is 2.11. The Morgan fingerprint density at radius 3 is 3.18 bits per heavy atom. The standard InChI is InChI=1S/C11H19N5O/c12-10(14-17)3-1-2-5-15-7-8-16-6-4-13-11(16)9-15/h4,6,17H,1-3,5,7-9H2,(H2,12,14). The fourth-order valence-electron chi connectivity index (χ4n) is 2.11. The summed E-state index contributed by atoms with van der Waals surface area (Å²) in [6, 6.07) is 0. The van der Waals surface area contributed by atoms with Gasteiger partial charge in [-0.25, -0.2) is 4.98 Å². The molecule has 17 heavy (non-hydrogen) atoms. The first kappa shape index (κ1) is 11.9. The van der Waals surface area contributed by atoms with Crippen LogP contribution in [0.1, 0.15) is 25.1 Å². The number of fused-ring (bicyclic) bond motifs is 1. The molecular formula is C11H19N5O. The molecule has 0 aromatic carbocycles. The molecule has 0 spiro atoms. The average Bonchev–Trinajstić information content (AvgIpc) is 2.81. The topological polar surface area (TPSA) is 79.7 Å². The summed E-state index contributed by atoms with van der Waals surface area (Å²) in [6.45, 7) is 4.07. The number of imidazole rings is 1. The lowest BCUT2D eigenvalue weighted by molar-refractivity contribution is 0.213. The number of nitrogens with two attached hydrogens (primary N) is 1. The van der Waals surface area contributed by atoms with Crippen molar-refractivity contribution in [3.63, 3.8) is 0 Å². The highest BCUT2D eigenvalue weighted by atomic mass is 16.4. The van der Waals surface area contributed by atoms with Crippen LogP contribution in [0.15, 0.2) is 17.5 Å². The first-order chi connectivity index (χ1) is 8.29. The smallest absolute Gasteiger partial charge is 0.139 e. The summed E-state index contributed by atoms with van der Waals surface area (Å²) in [5, 5.41) is 11.4. The zero-order valence-electron chi connectivity index (χ0n) is 9.92. The van der Waals surface area contributed by atoms with Gasteiger partial charge in [0.25, 0.3) is 0 Å². The second-order valence-corrected chi connectivity index (χ2v) is 4.36. The molecule has 2 rings (SSSR count). The molecular weight excluding hydrogens is 218 g/mol. The van der Waals surface area contributed by atoms with Crippen molar-refractivity contribution < 1.29 is 5.21 Å². The zero-order chi connectivity index (χ0) is 12.1. The molecule has 0 amide bonds. The molecule has 94 valence electrons. The van der Waals surface area contributed by atoms with E-state index in [0.717, 1.165) is 44.8 Å². The predicted octanol–water partition coefficient (Wildman–Crippen LogP) is 0.615. The van der Waals surface area contributed by atoms with Crippen LogP contribution in [0.2, 0.25) is 0 Å². The SMILES string of the molecule is NC(CCCCN1CCn2ccnc2C1)=NO. The van der Waals surface area contributed by atoms with E-state index in [1.807, 2.05) is 12.4 Å². The zero-order valence-corrected chi connectivity index (χ0v) is 9.92. The van der Waals surface area contributed by atoms with Crippen molar-refractivity contribution in [1.82, 2.24) is 14.5 Å². The Balaban J connectivity index is 1.68. The summed E-state index contributed by atoms with van der Waals surface area (Å²) < 4.78 is 2.20. The number of aromatic nitrogens is 2. The minimum Gasteiger partial charge on any atom is -0.409 e. The molecule has 0 fully saturated rings. The summed E-state index contributed by atoms with van der Waals surface area (Å²) in [5.41, 5.74) is 5.41. The summed E-state index contributed by atoms with van der Waals surface area (Å²) in [6.07, 6.45) is 6.58. The van der Waals surface area contributed by atoms with Crippen LogP contribution in [-0.4, -0.2) is 38.6 Å². The normalized spacial score (nSPS) is 17.1. The molecule has 1 aromatic rings. The molecule has 0 atom stereocenters. The molecule has 1 aromatic heterocycles. The Labute approximate surface area is 101 Å². The lowest BCUT2D eigenvalue weighted by atomic mass is 10.2. The van der Waals surface area contributed by atoms with Gasteiger partial charge in [-0.15, -0.1) is 0 Å². The maximum atomic E-state index is 8.41. The van der Waals surface area contributed by atoms with Gasteiger partial charge in [0.05, 0.1) is 6.54 Å². The number of rotatable bonds is 5. The quantitative estimate of drug-likeness (QED) is 0.258. The third-order valence-electron chi connectivity index (χ3n) is 3.11. The fourth-order valence-corrected chi connectivity index (χ4v) is 2.11. The van der Waals surface area contributed by atoms with E-state index in [9.17, 15) is 0 Å². The molecule has 0 saturated carbocycles. The Hall–Kier alpha value is -1.56. The summed E-state index contributed by atoms with van der Waals surface area (Å²) >= 11 is 0. The number of hydrogen-bond acceptors (Lipinski definition) is 4. The molecule has 0 aliphatic carbocycles. The van der Waals surface area contributed by atoms with E-state index >= 15 is 0 Å². The van der Waals surface area contributed by atoms with Crippen molar-refractivity contribution in [2.45, 2.75) is 32.4 Å². The van der Waals surface area contributed by atoms with Gasteiger partial charge in [0.1, 0.15) is 11.7 Å². The van der Waals surface area contributed by atoms with Gasteiger partial charge in [0.15, 0.2) is 0 Å². The van der Waals surface area contributed by atoms with E-state index in [-0.39, 0.29) is 0 Å². The molecule has 2 heterocycles. The van der Waals surface area contributed by atoms with Crippen molar-refractivity contribution in [3.05, 3.63) is 18.2 Å². The van der Waals surface area contributed by atoms with Crippen LogP contribution in [0, 0.1) is 0 Å². The van der Waals surface area contributed by atoms with Crippen LogP contribution in [0.3, 0.4) is 0 Å². The molecule has 6 nitrogen and oxygen atoms in total.